The molecule has 2 rings (SSSR count). The van der Waals surface area contributed by atoms with E-state index < -0.39 is 0 Å². The lowest BCUT2D eigenvalue weighted by Gasteiger charge is -2.17. The second-order valence-electron chi connectivity index (χ2n) is 3.77. The maximum atomic E-state index is 9.95. The molecule has 0 bridgehead atoms. The summed E-state index contributed by atoms with van der Waals surface area (Å²) < 4.78 is 0. The number of nitrogens with zero attached hydrogens (tertiary/aromatic N) is 2. The van der Waals surface area contributed by atoms with E-state index in [4.69, 9.17) is 0 Å². The Hall–Kier alpha value is -1.60. The molecule has 3 nitrogen and oxygen atoms in total. The molecular formula is C12H14N2O. The summed E-state index contributed by atoms with van der Waals surface area (Å²) in [5, 5.41) is 0. The van der Waals surface area contributed by atoms with Crippen LogP contribution in [0.1, 0.15) is 18.4 Å². The third-order valence-corrected chi connectivity index (χ3v) is 2.73. The molecule has 1 saturated heterocycles. The van der Waals surface area contributed by atoms with E-state index in [2.05, 4.69) is 22.0 Å². The van der Waals surface area contributed by atoms with Crippen LogP contribution in [0.2, 0.25) is 0 Å². The molecule has 0 amide bonds. The first-order valence-corrected chi connectivity index (χ1v) is 5.27. The minimum absolute atomic E-state index is 0.434. The number of carbonyl (C=O) groups excluding carboxylic acids is 1. The second kappa shape index (κ2) is 4.76. The van der Waals surface area contributed by atoms with E-state index in [1.165, 1.54) is 18.5 Å². The summed E-state index contributed by atoms with van der Waals surface area (Å²) >= 11 is 0. The van der Waals surface area contributed by atoms with Crippen LogP contribution in [0.5, 0.6) is 0 Å². The number of hydrogen-bond donors (Lipinski definition) is 0. The van der Waals surface area contributed by atoms with E-state index in [1.54, 1.807) is 6.08 Å². The van der Waals surface area contributed by atoms with Crippen LogP contribution in [0.3, 0.4) is 0 Å². The summed E-state index contributed by atoms with van der Waals surface area (Å²) in [7, 11) is 0. The van der Waals surface area contributed by atoms with Gasteiger partial charge in [0.1, 0.15) is 0 Å². The van der Waals surface area contributed by atoms with Gasteiger partial charge in [-0.2, -0.15) is 0 Å². The summed E-state index contributed by atoms with van der Waals surface area (Å²) in [5.74, 6) is 0. The third-order valence-electron chi connectivity index (χ3n) is 2.73. The molecule has 3 heteroatoms. The molecule has 1 heterocycles. The molecule has 15 heavy (non-hydrogen) atoms. The zero-order valence-corrected chi connectivity index (χ0v) is 8.65. The zero-order chi connectivity index (χ0) is 10.5. The maximum absolute atomic E-state index is 9.95. The van der Waals surface area contributed by atoms with Crippen molar-refractivity contribution in [3.63, 3.8) is 0 Å². The van der Waals surface area contributed by atoms with E-state index in [-0.39, 0.29) is 0 Å². The summed E-state index contributed by atoms with van der Waals surface area (Å²) in [6, 6.07) is 8.24. The van der Waals surface area contributed by atoms with Crippen LogP contribution >= 0.6 is 0 Å². The van der Waals surface area contributed by atoms with Gasteiger partial charge in [0.15, 0.2) is 0 Å². The minimum Gasteiger partial charge on any atom is -0.372 e. The maximum Gasteiger partial charge on any atom is 0.235 e. The number of rotatable bonds is 3. The number of aliphatic imine (C=N–C) groups is 1. The van der Waals surface area contributed by atoms with E-state index in [0.29, 0.717) is 6.54 Å². The fourth-order valence-corrected chi connectivity index (χ4v) is 1.91. The summed E-state index contributed by atoms with van der Waals surface area (Å²) in [6.45, 7) is 2.75. The predicted octanol–water partition coefficient (Wildman–Crippen LogP) is 2.12. The molecule has 1 aliphatic heterocycles. The van der Waals surface area contributed by atoms with Crippen molar-refractivity contribution in [1.29, 1.82) is 0 Å². The third kappa shape index (κ3) is 2.45. The Labute approximate surface area is 89.4 Å². The molecule has 0 atom stereocenters. The summed E-state index contributed by atoms with van der Waals surface area (Å²) in [4.78, 5) is 15.9. The van der Waals surface area contributed by atoms with Gasteiger partial charge in [0.05, 0.1) is 6.54 Å². The summed E-state index contributed by atoms with van der Waals surface area (Å²) in [5.41, 5.74) is 2.33. The van der Waals surface area contributed by atoms with Gasteiger partial charge >= 0.3 is 0 Å². The smallest absolute Gasteiger partial charge is 0.235 e. The fraction of sp³-hybridized carbons (Fsp3) is 0.417. The standard InChI is InChI=1S/C12H14N2O/c15-10-13-9-11-3-5-12(6-4-11)14-7-1-2-8-14/h3-6H,1-2,7-9H2. The number of anilines is 1. The molecule has 0 N–H and O–H groups in total. The van der Waals surface area contributed by atoms with Crippen LogP contribution in [-0.4, -0.2) is 19.2 Å². The summed E-state index contributed by atoms with van der Waals surface area (Å²) in [6.07, 6.45) is 4.13. The van der Waals surface area contributed by atoms with Crippen molar-refractivity contribution in [3.8, 4) is 0 Å². The Bertz CT molecular complexity index is 360. The Kier molecular flexibility index (Phi) is 3.15. The first-order chi connectivity index (χ1) is 7.40. The van der Waals surface area contributed by atoms with Crippen LogP contribution in [-0.2, 0) is 11.3 Å². The highest BCUT2D eigenvalue weighted by Gasteiger charge is 2.11. The topological polar surface area (TPSA) is 32.7 Å². The van der Waals surface area contributed by atoms with Gasteiger partial charge in [-0.15, -0.1) is 0 Å². The average Bonchev–Trinajstić information content (AvgIpc) is 2.80. The van der Waals surface area contributed by atoms with Crippen LogP contribution in [0.15, 0.2) is 29.3 Å². The lowest BCUT2D eigenvalue weighted by Crippen LogP contribution is -2.17. The molecule has 0 spiro atoms. The normalized spacial score (nSPS) is 15.1. The van der Waals surface area contributed by atoms with Gasteiger partial charge in [0, 0.05) is 18.8 Å². The van der Waals surface area contributed by atoms with E-state index in [9.17, 15) is 4.79 Å². The first kappa shape index (κ1) is 9.94. The van der Waals surface area contributed by atoms with Crippen LogP contribution in [0.4, 0.5) is 5.69 Å². The minimum atomic E-state index is 0.434. The average molecular weight is 202 g/mol. The highest BCUT2D eigenvalue weighted by molar-refractivity contribution is 5.48. The van der Waals surface area contributed by atoms with Crippen LogP contribution < -0.4 is 4.90 Å². The van der Waals surface area contributed by atoms with Gasteiger partial charge < -0.3 is 4.90 Å². The van der Waals surface area contributed by atoms with Gasteiger partial charge in [-0.05, 0) is 30.5 Å². The van der Waals surface area contributed by atoms with E-state index >= 15 is 0 Å². The first-order valence-electron chi connectivity index (χ1n) is 5.27. The molecule has 78 valence electrons. The highest BCUT2D eigenvalue weighted by Crippen LogP contribution is 2.20. The molecule has 0 saturated carbocycles. The van der Waals surface area contributed by atoms with Crippen molar-refractivity contribution >= 4 is 11.8 Å². The second-order valence-corrected chi connectivity index (χ2v) is 3.77. The zero-order valence-electron chi connectivity index (χ0n) is 8.65. The van der Waals surface area contributed by atoms with Gasteiger partial charge in [-0.1, -0.05) is 12.1 Å². The van der Waals surface area contributed by atoms with Crippen molar-refractivity contribution in [1.82, 2.24) is 0 Å². The Morgan fingerprint density at radius 2 is 1.87 bits per heavy atom. The Morgan fingerprint density at radius 1 is 1.20 bits per heavy atom. The van der Waals surface area contributed by atoms with Crippen molar-refractivity contribution < 1.29 is 4.79 Å². The van der Waals surface area contributed by atoms with Gasteiger partial charge in [0.2, 0.25) is 6.08 Å². The van der Waals surface area contributed by atoms with Crippen molar-refractivity contribution in [2.45, 2.75) is 19.4 Å². The highest BCUT2D eigenvalue weighted by atomic mass is 16.1. The van der Waals surface area contributed by atoms with Gasteiger partial charge in [-0.25, -0.2) is 9.79 Å². The molecule has 0 aromatic heterocycles. The molecule has 1 aromatic carbocycles. The monoisotopic (exact) mass is 202 g/mol. The molecule has 1 fully saturated rings. The Morgan fingerprint density at radius 3 is 2.47 bits per heavy atom. The lowest BCUT2D eigenvalue weighted by atomic mass is 10.2. The van der Waals surface area contributed by atoms with Gasteiger partial charge in [0.25, 0.3) is 0 Å². The molecule has 0 unspecified atom stereocenters. The lowest BCUT2D eigenvalue weighted by molar-refractivity contribution is 0.563. The molecular weight excluding hydrogens is 188 g/mol. The molecule has 1 aromatic rings. The van der Waals surface area contributed by atoms with E-state index in [0.717, 1.165) is 18.7 Å². The largest absolute Gasteiger partial charge is 0.372 e. The van der Waals surface area contributed by atoms with Crippen LogP contribution in [0, 0.1) is 0 Å². The van der Waals surface area contributed by atoms with Crippen molar-refractivity contribution in [2.24, 2.45) is 4.99 Å². The number of benzene rings is 1. The van der Waals surface area contributed by atoms with Gasteiger partial charge in [-0.3, -0.25) is 0 Å². The van der Waals surface area contributed by atoms with Crippen molar-refractivity contribution in [2.75, 3.05) is 18.0 Å². The number of hydrogen-bond acceptors (Lipinski definition) is 3. The van der Waals surface area contributed by atoms with E-state index in [1.807, 2.05) is 12.1 Å². The van der Waals surface area contributed by atoms with Crippen molar-refractivity contribution in [3.05, 3.63) is 29.8 Å². The SMILES string of the molecule is O=C=NCc1ccc(N2CCCC2)cc1. The molecule has 0 radical (unpaired) electrons. The fourth-order valence-electron chi connectivity index (χ4n) is 1.91. The molecule has 0 aliphatic carbocycles. The quantitative estimate of drug-likeness (QED) is 0.555. The predicted molar refractivity (Wildman–Crippen MR) is 59.7 cm³/mol. The molecule has 1 aliphatic rings. The van der Waals surface area contributed by atoms with Crippen LogP contribution in [0.25, 0.3) is 0 Å². The Balaban J connectivity index is 2.05. The number of isocyanates is 1.